The number of fused-ring (bicyclic) bond motifs is 1. The van der Waals surface area contributed by atoms with E-state index in [1.165, 1.54) is 35.5 Å². The molecule has 1 N–H and O–H groups in total. The van der Waals surface area contributed by atoms with Gasteiger partial charge in [0.25, 0.3) is 5.91 Å². The number of hydrogen-bond acceptors (Lipinski definition) is 4. The normalized spacial score (nSPS) is 13.5. The molecule has 0 aliphatic carbocycles. The molecule has 1 aromatic heterocycles. The maximum Gasteiger partial charge on any atom is 0.337 e. The van der Waals surface area contributed by atoms with Crippen molar-refractivity contribution in [2.24, 2.45) is 0 Å². The molecule has 0 saturated carbocycles. The molecule has 1 aromatic carbocycles. The van der Waals surface area contributed by atoms with E-state index in [9.17, 15) is 14.0 Å². The van der Waals surface area contributed by atoms with Crippen molar-refractivity contribution < 1.29 is 19.1 Å². The molecule has 1 aliphatic rings. The number of benzene rings is 1. The number of carboxylic acid groups (broad SMARTS) is 1. The van der Waals surface area contributed by atoms with Gasteiger partial charge in [-0.15, -0.1) is 0 Å². The van der Waals surface area contributed by atoms with Gasteiger partial charge in [0.1, 0.15) is 5.82 Å². The lowest BCUT2D eigenvalue weighted by molar-refractivity contribution is 0.0696. The van der Waals surface area contributed by atoms with Crippen molar-refractivity contribution in [1.29, 1.82) is 0 Å². The molecule has 3 rings (SSSR count). The van der Waals surface area contributed by atoms with Crippen molar-refractivity contribution in [3.63, 3.8) is 0 Å². The molecule has 1 amide bonds. The summed E-state index contributed by atoms with van der Waals surface area (Å²) in [7, 11) is 0. The Kier molecular flexibility index (Phi) is 4.65. The summed E-state index contributed by atoms with van der Waals surface area (Å²) >= 11 is 0. The predicted octanol–water partition coefficient (Wildman–Crippen LogP) is 2.80. The number of aromatic carboxylic acids is 1. The molecular weight excluding hydrogens is 325 g/mol. The van der Waals surface area contributed by atoms with Crippen molar-refractivity contribution >= 4 is 23.3 Å². The van der Waals surface area contributed by atoms with Gasteiger partial charge in [0.15, 0.2) is 0 Å². The summed E-state index contributed by atoms with van der Waals surface area (Å²) in [6.45, 7) is 3.90. The van der Waals surface area contributed by atoms with Gasteiger partial charge in [-0.25, -0.2) is 9.18 Å². The summed E-state index contributed by atoms with van der Waals surface area (Å²) in [5.74, 6) is -1.97. The summed E-state index contributed by atoms with van der Waals surface area (Å²) in [6.07, 6.45) is 3.45. The van der Waals surface area contributed by atoms with Crippen LogP contribution in [0.3, 0.4) is 0 Å². The lowest BCUT2D eigenvalue weighted by atomic mass is 10.1. The van der Waals surface area contributed by atoms with E-state index in [1.807, 2.05) is 0 Å². The van der Waals surface area contributed by atoms with E-state index in [2.05, 4.69) is 16.8 Å². The number of carbonyl (C=O) groups excluding carboxylic acids is 1. The van der Waals surface area contributed by atoms with Gasteiger partial charge in [0.05, 0.1) is 22.5 Å². The van der Waals surface area contributed by atoms with Crippen molar-refractivity contribution in [3.8, 4) is 0 Å². The second-order valence-corrected chi connectivity index (χ2v) is 5.84. The van der Waals surface area contributed by atoms with Gasteiger partial charge in [-0.1, -0.05) is 6.92 Å². The lowest BCUT2D eigenvalue weighted by Gasteiger charge is -2.37. The van der Waals surface area contributed by atoms with Crippen LogP contribution < -0.4 is 9.80 Å². The smallest absolute Gasteiger partial charge is 0.337 e. The molecule has 25 heavy (non-hydrogen) atoms. The zero-order valence-corrected chi connectivity index (χ0v) is 13.8. The topological polar surface area (TPSA) is 73.7 Å². The molecule has 0 spiro atoms. The summed E-state index contributed by atoms with van der Waals surface area (Å²) < 4.78 is 13.8. The first-order valence-corrected chi connectivity index (χ1v) is 8.06. The van der Waals surface area contributed by atoms with Gasteiger partial charge in [-0.05, 0) is 30.7 Å². The number of aromatic nitrogens is 1. The SMILES string of the molecule is CCCN1CCN(C(=O)c2cncc(C(=O)O)c2)c2cc(F)ccc21. The van der Waals surface area contributed by atoms with Crippen molar-refractivity contribution in [3.05, 3.63) is 53.6 Å². The fourth-order valence-corrected chi connectivity index (χ4v) is 2.98. The first-order chi connectivity index (χ1) is 12.0. The van der Waals surface area contributed by atoms with E-state index in [0.717, 1.165) is 18.7 Å². The second-order valence-electron chi connectivity index (χ2n) is 5.84. The molecule has 0 fully saturated rings. The Labute approximate surface area is 144 Å². The predicted molar refractivity (Wildman–Crippen MR) is 91.8 cm³/mol. The van der Waals surface area contributed by atoms with Crippen LogP contribution in [0, 0.1) is 5.82 Å². The fraction of sp³-hybridized carbons (Fsp3) is 0.278. The van der Waals surface area contributed by atoms with Crippen LogP contribution in [0.4, 0.5) is 15.8 Å². The summed E-state index contributed by atoms with van der Waals surface area (Å²) in [5.41, 5.74) is 1.39. The highest BCUT2D eigenvalue weighted by Crippen LogP contribution is 2.34. The number of hydrogen-bond donors (Lipinski definition) is 1. The molecule has 7 heteroatoms. The van der Waals surface area contributed by atoms with Crippen molar-refractivity contribution in [2.45, 2.75) is 13.3 Å². The van der Waals surface area contributed by atoms with Gasteiger partial charge >= 0.3 is 5.97 Å². The number of carbonyl (C=O) groups is 2. The molecule has 0 atom stereocenters. The maximum absolute atomic E-state index is 13.8. The minimum absolute atomic E-state index is 0.0602. The molecule has 0 saturated heterocycles. The van der Waals surface area contributed by atoms with E-state index in [4.69, 9.17) is 5.11 Å². The maximum atomic E-state index is 13.8. The average Bonchev–Trinajstić information content (AvgIpc) is 2.61. The van der Waals surface area contributed by atoms with Crippen molar-refractivity contribution in [2.75, 3.05) is 29.4 Å². The zero-order valence-electron chi connectivity index (χ0n) is 13.8. The Bertz CT molecular complexity index is 825. The highest BCUT2D eigenvalue weighted by molar-refractivity contribution is 6.09. The van der Waals surface area contributed by atoms with Crippen LogP contribution in [0.1, 0.15) is 34.1 Å². The summed E-state index contributed by atoms with van der Waals surface area (Å²) in [5, 5.41) is 9.07. The van der Waals surface area contributed by atoms with E-state index in [0.29, 0.717) is 18.8 Å². The minimum Gasteiger partial charge on any atom is -0.478 e. The van der Waals surface area contributed by atoms with Crippen LogP contribution in [0.2, 0.25) is 0 Å². The highest BCUT2D eigenvalue weighted by Gasteiger charge is 2.28. The van der Waals surface area contributed by atoms with E-state index in [1.54, 1.807) is 6.07 Å². The van der Waals surface area contributed by atoms with Crippen LogP contribution in [0.25, 0.3) is 0 Å². The molecule has 6 nitrogen and oxygen atoms in total. The zero-order chi connectivity index (χ0) is 18.0. The molecule has 0 unspecified atom stereocenters. The number of pyridine rings is 1. The Morgan fingerprint density at radius 2 is 1.92 bits per heavy atom. The third-order valence-corrected chi connectivity index (χ3v) is 4.13. The Morgan fingerprint density at radius 1 is 1.16 bits per heavy atom. The molecular formula is C18H18FN3O3. The van der Waals surface area contributed by atoms with E-state index in [-0.39, 0.29) is 11.1 Å². The molecule has 2 heterocycles. The summed E-state index contributed by atoms with van der Waals surface area (Å²) in [6, 6.07) is 5.67. The third kappa shape index (κ3) is 3.31. The Morgan fingerprint density at radius 3 is 2.64 bits per heavy atom. The molecule has 1 aliphatic heterocycles. The van der Waals surface area contributed by atoms with Gasteiger partial charge in [0.2, 0.25) is 0 Å². The first kappa shape index (κ1) is 16.9. The fourth-order valence-electron chi connectivity index (χ4n) is 2.98. The molecule has 0 radical (unpaired) electrons. The molecule has 130 valence electrons. The van der Waals surface area contributed by atoms with Crippen LogP contribution in [-0.4, -0.2) is 41.6 Å². The van der Waals surface area contributed by atoms with E-state index >= 15 is 0 Å². The van der Waals surface area contributed by atoms with Crippen LogP contribution in [-0.2, 0) is 0 Å². The van der Waals surface area contributed by atoms with Crippen molar-refractivity contribution in [1.82, 2.24) is 4.98 Å². The average molecular weight is 343 g/mol. The quantitative estimate of drug-likeness (QED) is 0.924. The van der Waals surface area contributed by atoms with Crippen LogP contribution in [0.15, 0.2) is 36.7 Å². The number of halogens is 1. The van der Waals surface area contributed by atoms with Crippen LogP contribution in [0.5, 0.6) is 0 Å². The van der Waals surface area contributed by atoms with Gasteiger partial charge in [0, 0.05) is 32.0 Å². The first-order valence-electron chi connectivity index (χ1n) is 8.06. The van der Waals surface area contributed by atoms with Crippen LogP contribution >= 0.6 is 0 Å². The Balaban J connectivity index is 1.99. The van der Waals surface area contributed by atoms with E-state index < -0.39 is 17.7 Å². The highest BCUT2D eigenvalue weighted by atomic mass is 19.1. The third-order valence-electron chi connectivity index (χ3n) is 4.13. The minimum atomic E-state index is -1.15. The van der Waals surface area contributed by atoms with Gasteiger partial charge in [-0.3, -0.25) is 9.78 Å². The van der Waals surface area contributed by atoms with Gasteiger partial charge in [-0.2, -0.15) is 0 Å². The number of amides is 1. The molecule has 2 aromatic rings. The lowest BCUT2D eigenvalue weighted by Crippen LogP contribution is -2.44. The number of anilines is 2. The standard InChI is InChI=1S/C18H18FN3O3/c1-2-5-21-6-7-22(16-9-14(19)3-4-15(16)21)17(23)12-8-13(18(24)25)11-20-10-12/h3-4,8-11H,2,5-7H2,1H3,(H,24,25). The Hall–Kier alpha value is -2.96. The van der Waals surface area contributed by atoms with Gasteiger partial charge < -0.3 is 14.9 Å². The monoisotopic (exact) mass is 343 g/mol. The number of nitrogens with zero attached hydrogens (tertiary/aromatic N) is 3. The largest absolute Gasteiger partial charge is 0.478 e. The second kappa shape index (κ2) is 6.88. The summed E-state index contributed by atoms with van der Waals surface area (Å²) in [4.78, 5) is 31.4. The number of carboxylic acids is 1. The number of rotatable bonds is 4. The molecule has 0 bridgehead atoms.